The van der Waals surface area contributed by atoms with Gasteiger partial charge in [-0.2, -0.15) is 0 Å². The number of nitrogens with zero attached hydrogens (tertiary/aromatic N) is 3. The highest BCUT2D eigenvalue weighted by atomic mass is 16.5. The third kappa shape index (κ3) is 4.20. The summed E-state index contributed by atoms with van der Waals surface area (Å²) in [6.45, 7) is 1.96. The maximum Gasteiger partial charge on any atom is 0.251 e. The number of unbranched alkanes of at least 4 members (excludes halogenated alkanes) is 1. The normalized spacial score (nSPS) is 11.6. The van der Waals surface area contributed by atoms with Crippen LogP contribution in [0.15, 0.2) is 54.7 Å². The number of nitrogens with one attached hydrogen (secondary N) is 2. The molecule has 4 N–H and O–H groups in total. The molecule has 8 heteroatoms. The number of imidazole rings is 1. The molecule has 1 amide bonds. The Balaban J connectivity index is 1.29. The zero-order valence-electron chi connectivity index (χ0n) is 19.2. The number of aromatic amines is 1. The second-order valence-electron chi connectivity index (χ2n) is 8.38. The van der Waals surface area contributed by atoms with Crippen molar-refractivity contribution in [3.05, 3.63) is 66.1 Å². The average Bonchev–Trinajstić information content (AvgIpc) is 3.47. The smallest absolute Gasteiger partial charge is 0.251 e. The molecule has 5 rings (SSSR count). The Morgan fingerprint density at radius 2 is 2.03 bits per heavy atom. The molecule has 174 valence electrons. The first-order chi connectivity index (χ1) is 16.7. The van der Waals surface area contributed by atoms with Crippen molar-refractivity contribution in [2.75, 3.05) is 26.0 Å². The number of ether oxygens (including phenoxy) is 1. The van der Waals surface area contributed by atoms with E-state index in [1.165, 1.54) is 0 Å². The third-order valence-electron chi connectivity index (χ3n) is 6.13. The van der Waals surface area contributed by atoms with Gasteiger partial charge >= 0.3 is 0 Å². The van der Waals surface area contributed by atoms with E-state index in [9.17, 15) is 4.79 Å². The van der Waals surface area contributed by atoms with Gasteiger partial charge in [0.25, 0.3) is 5.91 Å². The molecule has 0 saturated carbocycles. The number of anilines is 1. The van der Waals surface area contributed by atoms with E-state index < -0.39 is 0 Å². The number of fused-ring (bicyclic) bond motifs is 4. The first kappa shape index (κ1) is 21.9. The van der Waals surface area contributed by atoms with Crippen LogP contribution in [0, 0.1) is 0 Å². The molecule has 0 aliphatic rings. The Hall–Kier alpha value is -3.91. The van der Waals surface area contributed by atoms with Crippen LogP contribution in [0.3, 0.4) is 0 Å². The molecule has 3 aromatic heterocycles. The van der Waals surface area contributed by atoms with Crippen molar-refractivity contribution < 1.29 is 9.53 Å². The molecule has 0 atom stereocenters. The number of carbonyl (C=O) groups is 1. The van der Waals surface area contributed by atoms with Crippen molar-refractivity contribution in [3.8, 4) is 0 Å². The first-order valence-electron chi connectivity index (χ1n) is 11.5. The molecule has 8 nitrogen and oxygen atoms in total. The van der Waals surface area contributed by atoms with E-state index in [2.05, 4.69) is 25.9 Å². The highest BCUT2D eigenvalue weighted by Crippen LogP contribution is 2.29. The molecule has 0 aliphatic carbocycles. The standard InChI is InChI=1S/C26H28N6O2/c1-34-15-11-22-31-23-24(19-6-2-3-7-21(19)30-25(23)27)32(22)14-5-4-12-29-26(33)18-8-9-20-17(16-18)10-13-28-20/h2-3,6-10,13,16,28H,4-5,11-12,14-15H2,1H3,(H2,27,30)(H,29,33). The number of rotatable bonds is 9. The van der Waals surface area contributed by atoms with Gasteiger partial charge in [0.2, 0.25) is 0 Å². The summed E-state index contributed by atoms with van der Waals surface area (Å²) >= 11 is 0. The van der Waals surface area contributed by atoms with Crippen molar-refractivity contribution in [3.63, 3.8) is 0 Å². The monoisotopic (exact) mass is 456 g/mol. The van der Waals surface area contributed by atoms with E-state index in [1.807, 2.05) is 48.7 Å². The number of carbonyl (C=O) groups excluding carboxylic acids is 1. The summed E-state index contributed by atoms with van der Waals surface area (Å²) in [6.07, 6.45) is 4.30. The largest absolute Gasteiger partial charge is 0.384 e. The van der Waals surface area contributed by atoms with Crippen LogP contribution in [0.4, 0.5) is 5.82 Å². The lowest BCUT2D eigenvalue weighted by Crippen LogP contribution is -2.24. The number of hydrogen-bond donors (Lipinski definition) is 3. The van der Waals surface area contributed by atoms with Crippen molar-refractivity contribution in [1.29, 1.82) is 0 Å². The average molecular weight is 457 g/mol. The minimum atomic E-state index is -0.0539. The Morgan fingerprint density at radius 1 is 1.15 bits per heavy atom. The van der Waals surface area contributed by atoms with E-state index in [4.69, 9.17) is 15.5 Å². The fraction of sp³-hybridized carbons (Fsp3) is 0.269. The van der Waals surface area contributed by atoms with E-state index in [0.29, 0.717) is 31.0 Å². The maximum absolute atomic E-state index is 12.6. The number of para-hydroxylation sites is 1. The maximum atomic E-state index is 12.6. The minimum absolute atomic E-state index is 0.0539. The SMILES string of the molecule is COCCc1nc2c(N)nc3ccccc3c2n1CCCCNC(=O)c1ccc2[nH]ccc2c1. The predicted octanol–water partition coefficient (Wildman–Crippen LogP) is 4.05. The van der Waals surface area contributed by atoms with Gasteiger partial charge < -0.3 is 25.3 Å². The van der Waals surface area contributed by atoms with Crippen molar-refractivity contribution >= 4 is 44.6 Å². The van der Waals surface area contributed by atoms with Crippen LogP contribution in [0.5, 0.6) is 0 Å². The molecular weight excluding hydrogens is 428 g/mol. The topological polar surface area (TPSA) is 111 Å². The van der Waals surface area contributed by atoms with Gasteiger partial charge in [0.15, 0.2) is 5.82 Å². The molecule has 34 heavy (non-hydrogen) atoms. The fourth-order valence-electron chi connectivity index (χ4n) is 4.42. The Labute approximate surface area is 197 Å². The lowest BCUT2D eigenvalue weighted by atomic mass is 10.1. The quantitative estimate of drug-likeness (QED) is 0.290. The number of benzene rings is 2. The Bertz CT molecular complexity index is 1470. The van der Waals surface area contributed by atoms with Gasteiger partial charge in [0.1, 0.15) is 11.3 Å². The Morgan fingerprint density at radius 3 is 2.91 bits per heavy atom. The van der Waals surface area contributed by atoms with Gasteiger partial charge in [0.05, 0.1) is 17.6 Å². The number of nitrogens with two attached hydrogens (primary N) is 1. The first-order valence-corrected chi connectivity index (χ1v) is 11.5. The minimum Gasteiger partial charge on any atom is -0.384 e. The fourth-order valence-corrected chi connectivity index (χ4v) is 4.42. The molecule has 5 aromatic rings. The van der Waals surface area contributed by atoms with E-state index in [-0.39, 0.29) is 5.91 Å². The van der Waals surface area contributed by atoms with Gasteiger partial charge in [-0.15, -0.1) is 0 Å². The molecule has 0 fully saturated rings. The third-order valence-corrected chi connectivity index (χ3v) is 6.13. The highest BCUT2D eigenvalue weighted by molar-refractivity contribution is 6.06. The van der Waals surface area contributed by atoms with Crippen molar-refractivity contribution in [2.24, 2.45) is 0 Å². The van der Waals surface area contributed by atoms with E-state index in [0.717, 1.165) is 58.1 Å². The van der Waals surface area contributed by atoms with Gasteiger partial charge in [-0.05, 0) is 43.2 Å². The number of hydrogen-bond acceptors (Lipinski definition) is 5. The summed E-state index contributed by atoms with van der Waals surface area (Å²) in [4.78, 5) is 25.0. The van der Waals surface area contributed by atoms with Crippen LogP contribution in [0.25, 0.3) is 32.8 Å². The molecule has 0 saturated heterocycles. The van der Waals surface area contributed by atoms with Crippen LogP contribution in [0.2, 0.25) is 0 Å². The number of pyridine rings is 1. The van der Waals surface area contributed by atoms with Crippen LogP contribution in [0.1, 0.15) is 29.0 Å². The summed E-state index contributed by atoms with van der Waals surface area (Å²) in [6, 6.07) is 15.6. The molecule has 3 heterocycles. The molecule has 0 radical (unpaired) electrons. The summed E-state index contributed by atoms with van der Waals surface area (Å²) < 4.78 is 7.53. The summed E-state index contributed by atoms with van der Waals surface area (Å²) in [5, 5.41) is 5.11. The summed E-state index contributed by atoms with van der Waals surface area (Å²) in [5.74, 6) is 1.32. The zero-order chi connectivity index (χ0) is 23.5. The summed E-state index contributed by atoms with van der Waals surface area (Å²) in [7, 11) is 1.69. The Kier molecular flexibility index (Phi) is 6.14. The van der Waals surface area contributed by atoms with Crippen LogP contribution < -0.4 is 11.1 Å². The van der Waals surface area contributed by atoms with Crippen molar-refractivity contribution in [1.82, 2.24) is 24.8 Å². The van der Waals surface area contributed by atoms with E-state index >= 15 is 0 Å². The molecule has 0 spiro atoms. The molecule has 0 aliphatic heterocycles. The summed E-state index contributed by atoms with van der Waals surface area (Å²) in [5.41, 5.74) is 10.6. The predicted molar refractivity (Wildman–Crippen MR) is 135 cm³/mol. The van der Waals surface area contributed by atoms with Crippen LogP contribution in [-0.4, -0.2) is 45.7 Å². The second-order valence-corrected chi connectivity index (χ2v) is 8.38. The van der Waals surface area contributed by atoms with Crippen LogP contribution in [-0.2, 0) is 17.7 Å². The van der Waals surface area contributed by atoms with Crippen LogP contribution >= 0.6 is 0 Å². The zero-order valence-corrected chi connectivity index (χ0v) is 19.2. The number of amides is 1. The highest BCUT2D eigenvalue weighted by Gasteiger charge is 2.17. The van der Waals surface area contributed by atoms with Gasteiger partial charge in [-0.1, -0.05) is 18.2 Å². The molecule has 0 unspecified atom stereocenters. The lowest BCUT2D eigenvalue weighted by Gasteiger charge is -2.11. The number of H-pyrrole nitrogens is 1. The number of nitrogen functional groups attached to an aromatic ring is 1. The number of aromatic nitrogens is 4. The number of methoxy groups -OCH3 is 1. The molecule has 0 bridgehead atoms. The van der Waals surface area contributed by atoms with Gasteiger partial charge in [-0.3, -0.25) is 4.79 Å². The molecule has 2 aromatic carbocycles. The molecular formula is C26H28N6O2. The van der Waals surface area contributed by atoms with Crippen molar-refractivity contribution in [2.45, 2.75) is 25.8 Å². The number of aryl methyl sites for hydroxylation is 1. The van der Waals surface area contributed by atoms with E-state index in [1.54, 1.807) is 7.11 Å². The lowest BCUT2D eigenvalue weighted by molar-refractivity contribution is 0.0953. The van der Waals surface area contributed by atoms with Gasteiger partial charge in [0, 0.05) is 54.7 Å². The van der Waals surface area contributed by atoms with Gasteiger partial charge in [-0.25, -0.2) is 9.97 Å². The second kappa shape index (κ2) is 9.52.